The average molecular weight is 334 g/mol. The van der Waals surface area contributed by atoms with Crippen molar-refractivity contribution in [2.24, 2.45) is 4.99 Å². The molecule has 1 unspecified atom stereocenters. The van der Waals surface area contributed by atoms with Crippen molar-refractivity contribution >= 4 is 51.7 Å². The molecule has 1 aliphatic heterocycles. The van der Waals surface area contributed by atoms with Crippen LogP contribution in [0, 0.1) is 0 Å². The molecule has 0 bridgehead atoms. The second-order valence-corrected chi connectivity index (χ2v) is 3.70. The average Bonchev–Trinajstić information content (AvgIpc) is 1.77. The van der Waals surface area contributed by atoms with E-state index >= 15 is 0 Å². The van der Waals surface area contributed by atoms with Crippen LogP contribution < -0.4 is 0 Å². The minimum Gasteiger partial charge on any atom is -0.302 e. The number of alkyl halides is 1. The van der Waals surface area contributed by atoms with Crippen LogP contribution >= 0.6 is 45.5 Å². The maximum atomic E-state index is 3.95. The summed E-state index contributed by atoms with van der Waals surface area (Å²) in [6.07, 6.45) is 5.62. The van der Waals surface area contributed by atoms with E-state index in [0.717, 1.165) is 0 Å². The number of aliphatic imine (C=N–C) groups is 1. The van der Waals surface area contributed by atoms with Gasteiger partial charge in [-0.1, -0.05) is 22.6 Å². The molecule has 44 valence electrons. The van der Waals surface area contributed by atoms with E-state index in [0.29, 0.717) is 4.05 Å². The van der Waals surface area contributed by atoms with Crippen molar-refractivity contribution in [2.45, 2.75) is 4.05 Å². The molecule has 0 N–H and O–H groups in total. The summed E-state index contributed by atoms with van der Waals surface area (Å²) in [7, 11) is 0. The van der Waals surface area contributed by atoms with Gasteiger partial charge < -0.3 is 3.11 Å². The lowest BCUT2D eigenvalue weighted by molar-refractivity contribution is 0.747. The van der Waals surface area contributed by atoms with E-state index in [4.69, 9.17) is 0 Å². The summed E-state index contributed by atoms with van der Waals surface area (Å²) in [5, 5.41) is 0. The third-order valence-electron chi connectivity index (χ3n) is 0.740. The Labute approximate surface area is 75.7 Å². The first-order valence-electron chi connectivity index (χ1n) is 2.09. The van der Waals surface area contributed by atoms with E-state index in [1.807, 2.05) is 12.4 Å². The second kappa shape index (κ2) is 3.00. The molecule has 8 heavy (non-hydrogen) atoms. The van der Waals surface area contributed by atoms with Crippen LogP contribution in [0.2, 0.25) is 0 Å². The highest BCUT2D eigenvalue weighted by molar-refractivity contribution is 14.1. The molecule has 0 saturated carbocycles. The first-order chi connectivity index (χ1) is 3.80. The fourth-order valence-electron chi connectivity index (χ4n) is 0.369. The largest absolute Gasteiger partial charge is 0.302 e. The molecule has 1 aliphatic rings. The van der Waals surface area contributed by atoms with Gasteiger partial charge in [0.2, 0.25) is 0 Å². The lowest BCUT2D eigenvalue weighted by Gasteiger charge is -2.15. The molecule has 1 rings (SSSR count). The van der Waals surface area contributed by atoms with Crippen LogP contribution in [0.25, 0.3) is 0 Å². The fourth-order valence-corrected chi connectivity index (χ4v) is 1.03. The Bertz CT molecular complexity index is 116. The topological polar surface area (TPSA) is 15.6 Å². The molecule has 0 aliphatic carbocycles. The van der Waals surface area contributed by atoms with E-state index in [-0.39, 0.29) is 0 Å². The molecule has 2 nitrogen and oxygen atoms in total. The lowest BCUT2D eigenvalue weighted by atomic mass is 10.6. The van der Waals surface area contributed by atoms with Crippen molar-refractivity contribution in [2.75, 3.05) is 0 Å². The van der Waals surface area contributed by atoms with E-state index in [9.17, 15) is 0 Å². The highest BCUT2D eigenvalue weighted by Crippen LogP contribution is 2.14. The van der Waals surface area contributed by atoms with Crippen molar-refractivity contribution < 1.29 is 0 Å². The van der Waals surface area contributed by atoms with Gasteiger partial charge in [-0.25, -0.2) is 0 Å². The van der Waals surface area contributed by atoms with E-state index in [1.54, 1.807) is 6.20 Å². The SMILES string of the molecule is IC1C=NC=CN1I. The number of halogens is 2. The zero-order chi connectivity index (χ0) is 5.98. The van der Waals surface area contributed by atoms with Gasteiger partial charge in [-0.2, -0.15) is 0 Å². The molecule has 0 spiro atoms. The molecule has 4 heteroatoms. The predicted molar refractivity (Wildman–Crippen MR) is 51.3 cm³/mol. The summed E-state index contributed by atoms with van der Waals surface area (Å²) in [6, 6.07) is 0. The lowest BCUT2D eigenvalue weighted by Crippen LogP contribution is -2.17. The molecule has 0 amide bonds. The molecular formula is C4H4I2N2. The summed E-state index contributed by atoms with van der Waals surface area (Å²) in [5.41, 5.74) is 0. The second-order valence-electron chi connectivity index (χ2n) is 1.31. The van der Waals surface area contributed by atoms with Crippen molar-refractivity contribution in [3.05, 3.63) is 12.4 Å². The van der Waals surface area contributed by atoms with Gasteiger partial charge in [-0.15, -0.1) is 0 Å². The van der Waals surface area contributed by atoms with Crippen LogP contribution in [-0.2, 0) is 0 Å². The van der Waals surface area contributed by atoms with Gasteiger partial charge in [0.15, 0.2) is 0 Å². The molecule has 0 aromatic heterocycles. The normalized spacial score (nSPS) is 26.8. The van der Waals surface area contributed by atoms with Crippen molar-refractivity contribution in [3.63, 3.8) is 0 Å². The van der Waals surface area contributed by atoms with Crippen LogP contribution in [0.15, 0.2) is 17.4 Å². The van der Waals surface area contributed by atoms with Gasteiger partial charge >= 0.3 is 0 Å². The first-order valence-corrected chi connectivity index (χ1v) is 4.30. The molecule has 1 heterocycles. The predicted octanol–water partition coefficient (Wildman–Crippen LogP) is 1.96. The van der Waals surface area contributed by atoms with Crippen molar-refractivity contribution in [1.29, 1.82) is 0 Å². The molecule has 0 radical (unpaired) electrons. The third-order valence-corrected chi connectivity index (χ3v) is 3.65. The minimum atomic E-state index is 0.415. The number of rotatable bonds is 0. The summed E-state index contributed by atoms with van der Waals surface area (Å²) < 4.78 is 2.48. The Morgan fingerprint density at radius 2 is 2.38 bits per heavy atom. The van der Waals surface area contributed by atoms with Crippen LogP contribution in [0.5, 0.6) is 0 Å². The zero-order valence-electron chi connectivity index (χ0n) is 3.96. The van der Waals surface area contributed by atoms with Gasteiger partial charge in [0.1, 0.15) is 4.05 Å². The van der Waals surface area contributed by atoms with Gasteiger partial charge in [0.25, 0.3) is 0 Å². The Morgan fingerprint density at radius 3 is 2.75 bits per heavy atom. The van der Waals surface area contributed by atoms with Crippen LogP contribution in [0.1, 0.15) is 0 Å². The highest BCUT2D eigenvalue weighted by atomic mass is 127. The standard InChI is InChI=1S/C4H4I2N2/c5-4-3-7-1-2-8(4)6/h1-4H. The first kappa shape index (κ1) is 6.79. The summed E-state index contributed by atoms with van der Waals surface area (Å²) in [5.74, 6) is 0. The summed E-state index contributed by atoms with van der Waals surface area (Å²) in [4.78, 5) is 3.95. The summed E-state index contributed by atoms with van der Waals surface area (Å²) >= 11 is 4.53. The Morgan fingerprint density at radius 1 is 1.62 bits per heavy atom. The van der Waals surface area contributed by atoms with Crippen LogP contribution in [-0.4, -0.2) is 13.4 Å². The summed E-state index contributed by atoms with van der Waals surface area (Å²) in [6.45, 7) is 0. The maximum absolute atomic E-state index is 3.95. The quantitative estimate of drug-likeness (QED) is 0.286. The van der Waals surface area contributed by atoms with Crippen molar-refractivity contribution in [1.82, 2.24) is 3.11 Å². The molecule has 0 saturated heterocycles. The Kier molecular flexibility index (Phi) is 2.54. The Hall–Kier alpha value is 0.670. The van der Waals surface area contributed by atoms with Gasteiger partial charge in [-0.05, 0) is 0 Å². The molecular weight excluding hydrogens is 330 g/mol. The van der Waals surface area contributed by atoms with E-state index in [1.165, 1.54) is 0 Å². The maximum Gasteiger partial charge on any atom is 0.125 e. The highest BCUT2D eigenvalue weighted by Gasteiger charge is 2.05. The molecule has 1 atom stereocenters. The van der Waals surface area contributed by atoms with Gasteiger partial charge in [0, 0.05) is 18.6 Å². The molecule has 0 aromatic rings. The number of hydrogen-bond donors (Lipinski definition) is 0. The van der Waals surface area contributed by atoms with Crippen molar-refractivity contribution in [3.8, 4) is 0 Å². The minimum absolute atomic E-state index is 0.415. The Balaban J connectivity index is 2.59. The zero-order valence-corrected chi connectivity index (χ0v) is 8.27. The van der Waals surface area contributed by atoms with Gasteiger partial charge in [-0.3, -0.25) is 4.99 Å². The number of hydrogen-bond acceptors (Lipinski definition) is 2. The van der Waals surface area contributed by atoms with Crippen LogP contribution in [0.4, 0.5) is 0 Å². The van der Waals surface area contributed by atoms with E-state index < -0.39 is 0 Å². The van der Waals surface area contributed by atoms with E-state index in [2.05, 4.69) is 53.6 Å². The molecule has 0 aromatic carbocycles. The number of nitrogens with zero attached hydrogens (tertiary/aromatic N) is 2. The van der Waals surface area contributed by atoms with Crippen LogP contribution in [0.3, 0.4) is 0 Å². The third kappa shape index (κ3) is 1.57. The molecule has 0 fully saturated rings. The smallest absolute Gasteiger partial charge is 0.125 e. The monoisotopic (exact) mass is 334 g/mol. The fraction of sp³-hybridized carbons (Fsp3) is 0.250. The van der Waals surface area contributed by atoms with Gasteiger partial charge in [0.05, 0.1) is 22.9 Å².